The minimum absolute atomic E-state index is 0.220. The Kier molecular flexibility index (Phi) is 5.65. The number of benzene rings is 1. The van der Waals surface area contributed by atoms with Crippen molar-refractivity contribution in [3.05, 3.63) is 75.9 Å². The molecule has 0 spiro atoms. The number of halogens is 2. The van der Waals surface area contributed by atoms with E-state index < -0.39 is 5.91 Å². The number of carbonyl (C=O) groups is 1. The molecule has 0 fully saturated rings. The molecule has 0 aliphatic carbocycles. The maximum Gasteiger partial charge on any atom is 0.274 e. The van der Waals surface area contributed by atoms with Crippen LogP contribution in [0.25, 0.3) is 0 Å². The van der Waals surface area contributed by atoms with Crippen LogP contribution in [0.4, 0.5) is 11.5 Å². The first kappa shape index (κ1) is 18.1. The summed E-state index contributed by atoms with van der Waals surface area (Å²) in [5, 5.41) is 6.71. The van der Waals surface area contributed by atoms with Crippen molar-refractivity contribution in [2.45, 2.75) is 13.5 Å². The van der Waals surface area contributed by atoms with E-state index in [0.717, 1.165) is 5.69 Å². The molecule has 26 heavy (non-hydrogen) atoms. The first-order chi connectivity index (χ1) is 12.5. The number of anilines is 2. The highest BCUT2D eigenvalue weighted by molar-refractivity contribution is 6.35. The van der Waals surface area contributed by atoms with Crippen LogP contribution in [-0.2, 0) is 6.54 Å². The van der Waals surface area contributed by atoms with Crippen LogP contribution in [0.3, 0.4) is 0 Å². The van der Waals surface area contributed by atoms with Gasteiger partial charge in [0, 0.05) is 17.3 Å². The molecule has 0 saturated carbocycles. The van der Waals surface area contributed by atoms with Crippen molar-refractivity contribution < 1.29 is 4.79 Å². The van der Waals surface area contributed by atoms with Crippen LogP contribution >= 0.6 is 23.2 Å². The molecule has 3 rings (SSSR count). The highest BCUT2D eigenvalue weighted by atomic mass is 35.5. The highest BCUT2D eigenvalue weighted by Crippen LogP contribution is 2.25. The molecule has 0 aliphatic rings. The Morgan fingerprint density at radius 2 is 1.96 bits per heavy atom. The van der Waals surface area contributed by atoms with E-state index in [-0.39, 0.29) is 5.69 Å². The van der Waals surface area contributed by atoms with Crippen molar-refractivity contribution >= 4 is 40.6 Å². The van der Waals surface area contributed by atoms with Gasteiger partial charge in [0.05, 0.1) is 22.9 Å². The number of nitrogens with zero attached hydrogens (tertiary/aromatic N) is 3. The van der Waals surface area contributed by atoms with Crippen LogP contribution < -0.4 is 10.6 Å². The fourth-order valence-corrected chi connectivity index (χ4v) is 2.57. The maximum atomic E-state index is 12.5. The number of rotatable bonds is 5. The molecule has 1 amide bonds. The van der Waals surface area contributed by atoms with Gasteiger partial charge in [-0.05, 0) is 37.3 Å². The molecule has 132 valence electrons. The van der Waals surface area contributed by atoms with Gasteiger partial charge in [0.25, 0.3) is 5.91 Å². The lowest BCUT2D eigenvalue weighted by molar-refractivity contribution is 0.102. The van der Waals surface area contributed by atoms with Crippen molar-refractivity contribution in [2.75, 3.05) is 10.6 Å². The standard InChI is InChI=1S/C18H15Cl2N5O/c1-11-23-16(18(26)25-15-8-12(19)5-6-14(15)20)9-17(24-11)22-10-13-4-2-3-7-21-13/h2-9H,10H2,1H3,(H,25,26)(H,22,23,24). The summed E-state index contributed by atoms with van der Waals surface area (Å²) < 4.78 is 0. The summed E-state index contributed by atoms with van der Waals surface area (Å²) in [5.41, 5.74) is 1.50. The lowest BCUT2D eigenvalue weighted by Crippen LogP contribution is -2.16. The zero-order chi connectivity index (χ0) is 18.5. The van der Waals surface area contributed by atoms with E-state index in [9.17, 15) is 4.79 Å². The Hall–Kier alpha value is -2.70. The van der Waals surface area contributed by atoms with E-state index in [1.165, 1.54) is 0 Å². The third-order valence-electron chi connectivity index (χ3n) is 3.42. The van der Waals surface area contributed by atoms with Gasteiger partial charge in [-0.15, -0.1) is 0 Å². The Labute approximate surface area is 160 Å². The predicted molar refractivity (Wildman–Crippen MR) is 103 cm³/mol. The number of amides is 1. The van der Waals surface area contributed by atoms with E-state index in [1.54, 1.807) is 37.4 Å². The molecule has 0 radical (unpaired) electrons. The lowest BCUT2D eigenvalue weighted by atomic mass is 10.3. The fourth-order valence-electron chi connectivity index (χ4n) is 2.24. The summed E-state index contributed by atoms with van der Waals surface area (Å²) in [7, 11) is 0. The molecule has 0 aliphatic heterocycles. The molecule has 0 bridgehead atoms. The second kappa shape index (κ2) is 8.12. The average Bonchev–Trinajstić information content (AvgIpc) is 2.63. The van der Waals surface area contributed by atoms with E-state index in [2.05, 4.69) is 25.6 Å². The molecule has 2 aromatic heterocycles. The van der Waals surface area contributed by atoms with Crippen molar-refractivity contribution in [3.63, 3.8) is 0 Å². The molecule has 2 N–H and O–H groups in total. The predicted octanol–water partition coefficient (Wildman–Crippen LogP) is 4.35. The van der Waals surface area contributed by atoms with Gasteiger partial charge in [0.1, 0.15) is 17.3 Å². The SMILES string of the molecule is Cc1nc(NCc2ccccn2)cc(C(=O)Nc2cc(Cl)ccc2Cl)n1. The average molecular weight is 388 g/mol. The largest absolute Gasteiger partial charge is 0.364 e. The number of carbonyl (C=O) groups excluding carboxylic acids is 1. The van der Waals surface area contributed by atoms with E-state index in [4.69, 9.17) is 23.2 Å². The van der Waals surface area contributed by atoms with Gasteiger partial charge in [0.15, 0.2) is 0 Å². The smallest absolute Gasteiger partial charge is 0.274 e. The maximum absolute atomic E-state index is 12.5. The fraction of sp³-hybridized carbons (Fsp3) is 0.111. The summed E-state index contributed by atoms with van der Waals surface area (Å²) in [6.45, 7) is 2.20. The summed E-state index contributed by atoms with van der Waals surface area (Å²) in [6, 6.07) is 12.1. The summed E-state index contributed by atoms with van der Waals surface area (Å²) in [4.78, 5) is 25.2. The molecule has 2 heterocycles. The van der Waals surface area contributed by atoms with Gasteiger partial charge < -0.3 is 10.6 Å². The van der Waals surface area contributed by atoms with Crippen LogP contribution in [0.1, 0.15) is 22.0 Å². The number of nitrogens with one attached hydrogen (secondary N) is 2. The molecule has 1 aromatic carbocycles. The monoisotopic (exact) mass is 387 g/mol. The third-order valence-corrected chi connectivity index (χ3v) is 3.99. The Morgan fingerprint density at radius 3 is 2.73 bits per heavy atom. The number of hydrogen-bond acceptors (Lipinski definition) is 5. The molecule has 6 nitrogen and oxygen atoms in total. The molecular weight excluding hydrogens is 373 g/mol. The van der Waals surface area contributed by atoms with Gasteiger partial charge in [-0.1, -0.05) is 29.3 Å². The topological polar surface area (TPSA) is 79.8 Å². The third kappa shape index (κ3) is 4.68. The van der Waals surface area contributed by atoms with Crippen LogP contribution in [0.2, 0.25) is 10.0 Å². The number of aromatic nitrogens is 3. The number of aryl methyl sites for hydroxylation is 1. The first-order valence-corrected chi connectivity index (χ1v) is 8.53. The van der Waals surface area contributed by atoms with Crippen molar-refractivity contribution in [2.24, 2.45) is 0 Å². The molecular formula is C18H15Cl2N5O. The van der Waals surface area contributed by atoms with Crippen LogP contribution in [0.15, 0.2) is 48.7 Å². The van der Waals surface area contributed by atoms with Gasteiger partial charge >= 0.3 is 0 Å². The van der Waals surface area contributed by atoms with Gasteiger partial charge in [-0.25, -0.2) is 9.97 Å². The summed E-state index contributed by atoms with van der Waals surface area (Å²) in [6.07, 6.45) is 1.72. The Morgan fingerprint density at radius 1 is 1.12 bits per heavy atom. The lowest BCUT2D eigenvalue weighted by Gasteiger charge is -2.10. The van der Waals surface area contributed by atoms with E-state index >= 15 is 0 Å². The van der Waals surface area contributed by atoms with Crippen LogP contribution in [0.5, 0.6) is 0 Å². The van der Waals surface area contributed by atoms with Crippen molar-refractivity contribution in [3.8, 4) is 0 Å². The minimum atomic E-state index is -0.402. The van der Waals surface area contributed by atoms with Crippen molar-refractivity contribution in [1.82, 2.24) is 15.0 Å². The van der Waals surface area contributed by atoms with Crippen LogP contribution in [-0.4, -0.2) is 20.9 Å². The zero-order valence-corrected chi connectivity index (χ0v) is 15.3. The van der Waals surface area contributed by atoms with E-state index in [0.29, 0.717) is 33.9 Å². The normalized spacial score (nSPS) is 10.4. The van der Waals surface area contributed by atoms with Crippen molar-refractivity contribution in [1.29, 1.82) is 0 Å². The Bertz CT molecular complexity index is 934. The van der Waals surface area contributed by atoms with Gasteiger partial charge in [-0.2, -0.15) is 0 Å². The summed E-state index contributed by atoms with van der Waals surface area (Å²) >= 11 is 12.0. The Balaban J connectivity index is 1.76. The number of hydrogen-bond donors (Lipinski definition) is 2. The van der Waals surface area contributed by atoms with Gasteiger partial charge in [0.2, 0.25) is 0 Å². The zero-order valence-electron chi connectivity index (χ0n) is 13.8. The second-order valence-electron chi connectivity index (χ2n) is 5.44. The molecule has 0 unspecified atom stereocenters. The number of pyridine rings is 1. The summed E-state index contributed by atoms with van der Waals surface area (Å²) in [5.74, 6) is 0.601. The molecule has 8 heteroatoms. The molecule has 3 aromatic rings. The minimum Gasteiger partial charge on any atom is -0.364 e. The molecule has 0 saturated heterocycles. The quantitative estimate of drug-likeness (QED) is 0.679. The van der Waals surface area contributed by atoms with Crippen LogP contribution in [0, 0.1) is 6.92 Å². The van der Waals surface area contributed by atoms with E-state index in [1.807, 2.05) is 18.2 Å². The first-order valence-electron chi connectivity index (χ1n) is 7.77. The highest BCUT2D eigenvalue weighted by Gasteiger charge is 2.13. The molecule has 0 atom stereocenters. The van der Waals surface area contributed by atoms with Gasteiger partial charge in [-0.3, -0.25) is 9.78 Å². The second-order valence-corrected chi connectivity index (χ2v) is 6.28.